The Labute approximate surface area is 112 Å². The first kappa shape index (κ1) is 12.6. The van der Waals surface area contributed by atoms with Gasteiger partial charge in [0.1, 0.15) is 0 Å². The Morgan fingerprint density at radius 1 is 1.32 bits per heavy atom. The number of hydrogen-bond donors (Lipinski definition) is 0. The third-order valence-corrected chi connectivity index (χ3v) is 3.77. The molecule has 0 unspecified atom stereocenters. The summed E-state index contributed by atoms with van der Waals surface area (Å²) in [5.41, 5.74) is 0.959. The minimum atomic E-state index is -0.412. The molecule has 1 aromatic rings. The first-order valence-electron chi connectivity index (χ1n) is 6.72. The highest BCUT2D eigenvalue weighted by atomic mass is 16.7. The number of likely N-dealkylation sites (tertiary alicyclic amines) is 1. The highest BCUT2D eigenvalue weighted by Crippen LogP contribution is 2.31. The molecule has 2 aliphatic heterocycles. The van der Waals surface area contributed by atoms with Crippen molar-refractivity contribution >= 4 is 5.91 Å². The highest BCUT2D eigenvalue weighted by Gasteiger charge is 2.40. The predicted molar refractivity (Wildman–Crippen MR) is 68.4 cm³/mol. The van der Waals surface area contributed by atoms with Crippen LogP contribution >= 0.6 is 0 Å². The van der Waals surface area contributed by atoms with Gasteiger partial charge >= 0.3 is 0 Å². The van der Waals surface area contributed by atoms with E-state index in [-0.39, 0.29) is 5.91 Å². The van der Waals surface area contributed by atoms with Gasteiger partial charge in [0, 0.05) is 38.3 Å². The van der Waals surface area contributed by atoms with E-state index in [2.05, 4.69) is 4.98 Å². The van der Waals surface area contributed by atoms with Crippen molar-refractivity contribution in [1.82, 2.24) is 9.88 Å². The number of ether oxygens (including phenoxy) is 2. The maximum Gasteiger partial charge on any atom is 0.227 e. The van der Waals surface area contributed by atoms with E-state index in [0.717, 1.165) is 18.4 Å². The van der Waals surface area contributed by atoms with Crippen molar-refractivity contribution in [3.05, 3.63) is 30.1 Å². The van der Waals surface area contributed by atoms with E-state index < -0.39 is 5.79 Å². The number of aromatic nitrogens is 1. The van der Waals surface area contributed by atoms with Gasteiger partial charge in [-0.1, -0.05) is 6.07 Å². The predicted octanol–water partition coefficient (Wildman–Crippen LogP) is 0.990. The molecule has 1 aromatic heterocycles. The molecule has 0 N–H and O–H groups in total. The fourth-order valence-electron chi connectivity index (χ4n) is 2.67. The van der Waals surface area contributed by atoms with E-state index in [9.17, 15) is 4.79 Å². The average Bonchev–Trinajstić information content (AvgIpc) is 2.89. The van der Waals surface area contributed by atoms with E-state index in [1.165, 1.54) is 0 Å². The normalized spacial score (nSPS) is 21.8. The van der Waals surface area contributed by atoms with Crippen LogP contribution in [-0.4, -0.2) is 47.9 Å². The summed E-state index contributed by atoms with van der Waals surface area (Å²) in [7, 11) is 0. The fourth-order valence-corrected chi connectivity index (χ4v) is 2.67. The van der Waals surface area contributed by atoms with Gasteiger partial charge in [0.05, 0.1) is 19.6 Å². The molecule has 1 amide bonds. The van der Waals surface area contributed by atoms with Crippen molar-refractivity contribution in [2.75, 3.05) is 26.3 Å². The zero-order valence-corrected chi connectivity index (χ0v) is 10.9. The Hall–Kier alpha value is -1.46. The molecule has 3 rings (SSSR count). The van der Waals surface area contributed by atoms with Crippen LogP contribution in [-0.2, 0) is 20.7 Å². The Morgan fingerprint density at radius 3 is 2.68 bits per heavy atom. The van der Waals surface area contributed by atoms with Gasteiger partial charge in [-0.25, -0.2) is 0 Å². The summed E-state index contributed by atoms with van der Waals surface area (Å²) in [5.74, 6) is -0.258. The zero-order chi connectivity index (χ0) is 13.1. The zero-order valence-electron chi connectivity index (χ0n) is 10.9. The van der Waals surface area contributed by atoms with Crippen molar-refractivity contribution in [3.8, 4) is 0 Å². The SMILES string of the molecule is O=C(Cc1cccnc1)N1CCC2(CC1)OCCO2. The van der Waals surface area contributed by atoms with Gasteiger partial charge in [0.2, 0.25) is 5.91 Å². The van der Waals surface area contributed by atoms with E-state index in [0.29, 0.717) is 32.7 Å². The molecule has 0 aromatic carbocycles. The minimum absolute atomic E-state index is 0.154. The number of hydrogen-bond acceptors (Lipinski definition) is 4. The molecule has 0 atom stereocenters. The van der Waals surface area contributed by atoms with Gasteiger partial charge in [0.15, 0.2) is 5.79 Å². The number of rotatable bonds is 2. The Balaban J connectivity index is 1.55. The largest absolute Gasteiger partial charge is 0.347 e. The summed E-state index contributed by atoms with van der Waals surface area (Å²) in [6.45, 7) is 2.76. The second-order valence-corrected chi connectivity index (χ2v) is 5.03. The first-order chi connectivity index (χ1) is 9.27. The van der Waals surface area contributed by atoms with Crippen LogP contribution in [0, 0.1) is 0 Å². The van der Waals surface area contributed by atoms with Crippen LogP contribution in [0.15, 0.2) is 24.5 Å². The summed E-state index contributed by atoms with van der Waals surface area (Å²) >= 11 is 0. The third-order valence-electron chi connectivity index (χ3n) is 3.77. The molecule has 2 aliphatic rings. The van der Waals surface area contributed by atoms with Crippen LogP contribution in [0.25, 0.3) is 0 Å². The summed E-state index contributed by atoms with van der Waals surface area (Å²) in [5, 5.41) is 0. The van der Waals surface area contributed by atoms with Gasteiger partial charge in [-0.05, 0) is 11.6 Å². The van der Waals surface area contributed by atoms with Gasteiger partial charge < -0.3 is 14.4 Å². The van der Waals surface area contributed by atoms with E-state index in [1.54, 1.807) is 12.4 Å². The van der Waals surface area contributed by atoms with E-state index >= 15 is 0 Å². The Kier molecular flexibility index (Phi) is 3.48. The van der Waals surface area contributed by atoms with Crippen LogP contribution in [0.4, 0.5) is 0 Å². The summed E-state index contributed by atoms with van der Waals surface area (Å²) in [4.78, 5) is 18.1. The molecule has 0 radical (unpaired) electrons. The Morgan fingerprint density at radius 2 is 2.05 bits per heavy atom. The van der Waals surface area contributed by atoms with Crippen molar-refractivity contribution in [1.29, 1.82) is 0 Å². The lowest BCUT2D eigenvalue weighted by Gasteiger charge is -2.37. The topological polar surface area (TPSA) is 51.7 Å². The number of piperidine rings is 1. The standard InChI is InChI=1S/C14H18N2O3/c17-13(10-12-2-1-5-15-11-12)16-6-3-14(4-7-16)18-8-9-19-14/h1-2,5,11H,3-4,6-10H2. The van der Waals surface area contributed by atoms with Crippen LogP contribution in [0.2, 0.25) is 0 Å². The molecular formula is C14H18N2O3. The lowest BCUT2D eigenvalue weighted by atomic mass is 10.0. The Bertz CT molecular complexity index is 433. The second kappa shape index (κ2) is 5.27. The first-order valence-corrected chi connectivity index (χ1v) is 6.72. The van der Waals surface area contributed by atoms with Crippen LogP contribution in [0.3, 0.4) is 0 Å². The smallest absolute Gasteiger partial charge is 0.227 e. The third kappa shape index (κ3) is 2.77. The van der Waals surface area contributed by atoms with Crippen molar-refractivity contribution < 1.29 is 14.3 Å². The second-order valence-electron chi connectivity index (χ2n) is 5.03. The van der Waals surface area contributed by atoms with Crippen molar-refractivity contribution in [3.63, 3.8) is 0 Å². The number of pyridine rings is 1. The summed E-state index contributed by atoms with van der Waals surface area (Å²) in [6, 6.07) is 3.79. The summed E-state index contributed by atoms with van der Waals surface area (Å²) in [6.07, 6.45) is 5.42. The van der Waals surface area contributed by atoms with Gasteiger partial charge in [0.25, 0.3) is 0 Å². The summed E-state index contributed by atoms with van der Waals surface area (Å²) < 4.78 is 11.3. The molecule has 5 nitrogen and oxygen atoms in total. The van der Waals surface area contributed by atoms with Gasteiger partial charge in [-0.3, -0.25) is 9.78 Å². The van der Waals surface area contributed by atoms with Crippen molar-refractivity contribution in [2.24, 2.45) is 0 Å². The maximum atomic E-state index is 12.2. The maximum absolute atomic E-state index is 12.2. The molecule has 19 heavy (non-hydrogen) atoms. The lowest BCUT2D eigenvalue weighted by molar-refractivity contribution is -0.187. The molecule has 0 bridgehead atoms. The molecular weight excluding hydrogens is 244 g/mol. The number of nitrogens with zero attached hydrogens (tertiary/aromatic N) is 2. The minimum Gasteiger partial charge on any atom is -0.347 e. The lowest BCUT2D eigenvalue weighted by Crippen LogP contribution is -2.47. The van der Waals surface area contributed by atoms with Crippen LogP contribution in [0.5, 0.6) is 0 Å². The molecule has 2 fully saturated rings. The molecule has 102 valence electrons. The quantitative estimate of drug-likeness (QED) is 0.797. The van der Waals surface area contributed by atoms with E-state index in [4.69, 9.17) is 9.47 Å². The van der Waals surface area contributed by atoms with Crippen molar-refractivity contribution in [2.45, 2.75) is 25.0 Å². The number of amides is 1. The molecule has 0 aliphatic carbocycles. The average molecular weight is 262 g/mol. The van der Waals surface area contributed by atoms with Gasteiger partial charge in [-0.2, -0.15) is 0 Å². The number of carbonyl (C=O) groups excluding carboxylic acids is 1. The van der Waals surface area contributed by atoms with Gasteiger partial charge in [-0.15, -0.1) is 0 Å². The molecule has 5 heteroatoms. The van der Waals surface area contributed by atoms with Crippen LogP contribution < -0.4 is 0 Å². The molecule has 2 saturated heterocycles. The fraction of sp³-hybridized carbons (Fsp3) is 0.571. The monoisotopic (exact) mass is 262 g/mol. The number of carbonyl (C=O) groups is 1. The molecule has 0 saturated carbocycles. The van der Waals surface area contributed by atoms with Crippen LogP contribution in [0.1, 0.15) is 18.4 Å². The molecule has 1 spiro atoms. The van der Waals surface area contributed by atoms with E-state index in [1.807, 2.05) is 17.0 Å². The molecule has 3 heterocycles. The highest BCUT2D eigenvalue weighted by molar-refractivity contribution is 5.78.